The van der Waals surface area contributed by atoms with E-state index in [9.17, 15) is 4.79 Å². The van der Waals surface area contributed by atoms with Crippen molar-refractivity contribution in [2.45, 2.75) is 13.8 Å². The van der Waals surface area contributed by atoms with E-state index in [2.05, 4.69) is 17.4 Å². The molecule has 1 amide bonds. The Morgan fingerprint density at radius 1 is 1.17 bits per heavy atom. The summed E-state index contributed by atoms with van der Waals surface area (Å²) >= 11 is 0. The van der Waals surface area contributed by atoms with E-state index in [4.69, 9.17) is 0 Å². The van der Waals surface area contributed by atoms with E-state index >= 15 is 0 Å². The Labute approximate surface area is 108 Å². The molecule has 1 aromatic rings. The minimum absolute atomic E-state index is 0.176. The number of aryl methyl sites for hydroxylation is 2. The van der Waals surface area contributed by atoms with Gasteiger partial charge in [0.25, 0.3) is 0 Å². The molecule has 0 atom stereocenters. The predicted molar refractivity (Wildman–Crippen MR) is 72.2 cm³/mol. The van der Waals surface area contributed by atoms with Gasteiger partial charge in [-0.15, -0.1) is 0 Å². The maximum absolute atomic E-state index is 12.1. The first-order valence-electron chi connectivity index (χ1n) is 6.43. The molecular formula is C13H22N4O. The monoisotopic (exact) mass is 250 g/mol. The quantitative estimate of drug-likeness (QED) is 0.845. The van der Waals surface area contributed by atoms with E-state index in [0.29, 0.717) is 6.54 Å². The van der Waals surface area contributed by atoms with Crippen molar-refractivity contribution in [3.05, 3.63) is 23.5 Å². The number of nitrogens with zero attached hydrogens (tertiary/aromatic N) is 3. The fraction of sp³-hybridized carbons (Fsp3) is 0.615. The second-order valence-electron chi connectivity index (χ2n) is 4.97. The highest BCUT2D eigenvalue weighted by Crippen LogP contribution is 2.04. The van der Waals surface area contributed by atoms with Gasteiger partial charge in [-0.1, -0.05) is 0 Å². The lowest BCUT2D eigenvalue weighted by molar-refractivity contribution is -0.131. The van der Waals surface area contributed by atoms with Crippen LogP contribution in [0.5, 0.6) is 0 Å². The molecule has 0 spiro atoms. The zero-order valence-corrected chi connectivity index (χ0v) is 11.4. The van der Waals surface area contributed by atoms with Gasteiger partial charge in [0.05, 0.1) is 0 Å². The van der Waals surface area contributed by atoms with Crippen molar-refractivity contribution in [3.63, 3.8) is 0 Å². The number of likely N-dealkylation sites (N-methyl/N-ethyl adjacent to an activating group) is 1. The van der Waals surface area contributed by atoms with Crippen molar-refractivity contribution in [1.82, 2.24) is 14.5 Å². The van der Waals surface area contributed by atoms with E-state index < -0.39 is 0 Å². The van der Waals surface area contributed by atoms with Gasteiger partial charge in [-0.25, -0.2) is 0 Å². The summed E-state index contributed by atoms with van der Waals surface area (Å²) in [6.07, 6.45) is 0. The number of hydrogen-bond acceptors (Lipinski definition) is 3. The lowest BCUT2D eigenvalue weighted by atomic mass is 10.3. The molecule has 1 N–H and O–H groups in total. The highest BCUT2D eigenvalue weighted by atomic mass is 16.2. The molecule has 1 aromatic heterocycles. The van der Waals surface area contributed by atoms with Crippen LogP contribution in [0.15, 0.2) is 12.1 Å². The number of amides is 1. The summed E-state index contributed by atoms with van der Waals surface area (Å²) in [5.74, 6) is 0.176. The Bertz CT molecular complexity index is 399. The number of carbonyl (C=O) groups is 1. The van der Waals surface area contributed by atoms with Crippen LogP contribution in [0.3, 0.4) is 0 Å². The Hall–Kier alpha value is -1.49. The molecule has 2 rings (SSSR count). The maximum Gasteiger partial charge on any atom is 0.243 e. The van der Waals surface area contributed by atoms with Gasteiger partial charge in [-0.2, -0.15) is 0 Å². The van der Waals surface area contributed by atoms with Crippen molar-refractivity contribution < 1.29 is 4.79 Å². The molecule has 2 heterocycles. The zero-order chi connectivity index (χ0) is 13.1. The molecule has 0 aromatic carbocycles. The SMILES string of the molecule is Cc1ccc(C)n1NCC(=O)N1CCN(C)CC1. The minimum atomic E-state index is 0.176. The number of nitrogens with one attached hydrogen (secondary N) is 1. The summed E-state index contributed by atoms with van der Waals surface area (Å²) in [4.78, 5) is 16.2. The Morgan fingerprint density at radius 3 is 2.28 bits per heavy atom. The van der Waals surface area contributed by atoms with E-state index in [0.717, 1.165) is 37.6 Å². The van der Waals surface area contributed by atoms with Gasteiger partial charge >= 0.3 is 0 Å². The summed E-state index contributed by atoms with van der Waals surface area (Å²) in [5.41, 5.74) is 5.43. The zero-order valence-electron chi connectivity index (χ0n) is 11.4. The van der Waals surface area contributed by atoms with Crippen LogP contribution in [0.1, 0.15) is 11.4 Å². The molecule has 0 unspecified atom stereocenters. The molecular weight excluding hydrogens is 228 g/mol. The fourth-order valence-electron chi connectivity index (χ4n) is 2.23. The number of rotatable bonds is 3. The maximum atomic E-state index is 12.1. The third kappa shape index (κ3) is 2.85. The average Bonchev–Trinajstić information content (AvgIpc) is 2.67. The van der Waals surface area contributed by atoms with Crippen LogP contribution in [0, 0.1) is 13.8 Å². The van der Waals surface area contributed by atoms with Gasteiger partial charge in [0.1, 0.15) is 6.54 Å². The molecule has 0 aliphatic carbocycles. The van der Waals surface area contributed by atoms with Crippen LogP contribution in [-0.4, -0.2) is 60.2 Å². The second kappa shape index (κ2) is 5.44. The van der Waals surface area contributed by atoms with E-state index in [1.165, 1.54) is 0 Å². The van der Waals surface area contributed by atoms with Crippen LogP contribution in [0.4, 0.5) is 0 Å². The summed E-state index contributed by atoms with van der Waals surface area (Å²) in [6.45, 7) is 8.02. The standard InChI is InChI=1S/C13H22N4O/c1-11-4-5-12(2)17(11)14-10-13(18)16-8-6-15(3)7-9-16/h4-5,14H,6-10H2,1-3H3. The summed E-state index contributed by atoms with van der Waals surface area (Å²) in [6, 6.07) is 4.09. The largest absolute Gasteiger partial charge is 0.339 e. The van der Waals surface area contributed by atoms with Crippen LogP contribution >= 0.6 is 0 Å². The van der Waals surface area contributed by atoms with Crippen LogP contribution < -0.4 is 5.43 Å². The van der Waals surface area contributed by atoms with Gasteiger partial charge in [0.2, 0.25) is 5.91 Å². The fourth-order valence-corrected chi connectivity index (χ4v) is 2.23. The van der Waals surface area contributed by atoms with Crippen LogP contribution in [0.25, 0.3) is 0 Å². The van der Waals surface area contributed by atoms with Gasteiger partial charge in [-0.3, -0.25) is 9.47 Å². The minimum Gasteiger partial charge on any atom is -0.339 e. The van der Waals surface area contributed by atoms with Crippen molar-refractivity contribution >= 4 is 5.91 Å². The summed E-state index contributed by atoms with van der Waals surface area (Å²) < 4.78 is 1.97. The smallest absolute Gasteiger partial charge is 0.243 e. The van der Waals surface area contributed by atoms with Gasteiger partial charge < -0.3 is 15.2 Å². The first-order chi connectivity index (χ1) is 8.58. The van der Waals surface area contributed by atoms with Gasteiger partial charge in [-0.05, 0) is 33.0 Å². The molecule has 5 nitrogen and oxygen atoms in total. The van der Waals surface area contributed by atoms with Crippen molar-refractivity contribution in [2.24, 2.45) is 0 Å². The first kappa shape index (κ1) is 13.0. The van der Waals surface area contributed by atoms with Gasteiger partial charge in [0, 0.05) is 37.6 Å². The topological polar surface area (TPSA) is 40.5 Å². The Balaban J connectivity index is 1.85. The summed E-state index contributed by atoms with van der Waals surface area (Å²) in [5, 5.41) is 0. The van der Waals surface area contributed by atoms with Crippen molar-refractivity contribution in [2.75, 3.05) is 45.2 Å². The molecule has 1 aliphatic heterocycles. The Morgan fingerprint density at radius 2 is 1.72 bits per heavy atom. The molecule has 0 bridgehead atoms. The molecule has 0 saturated carbocycles. The normalized spacial score (nSPS) is 16.9. The van der Waals surface area contributed by atoms with Crippen LogP contribution in [0.2, 0.25) is 0 Å². The van der Waals surface area contributed by atoms with Crippen molar-refractivity contribution in [1.29, 1.82) is 0 Å². The number of piperazine rings is 1. The molecule has 100 valence electrons. The third-order valence-electron chi connectivity index (χ3n) is 3.52. The average molecular weight is 250 g/mol. The second-order valence-corrected chi connectivity index (χ2v) is 4.97. The van der Waals surface area contributed by atoms with Crippen LogP contribution in [-0.2, 0) is 4.79 Å². The van der Waals surface area contributed by atoms with E-state index in [-0.39, 0.29) is 5.91 Å². The molecule has 5 heteroatoms. The Kier molecular flexibility index (Phi) is 3.91. The van der Waals surface area contributed by atoms with E-state index in [1.54, 1.807) is 0 Å². The summed E-state index contributed by atoms with van der Waals surface area (Å²) in [7, 11) is 2.09. The van der Waals surface area contributed by atoms with Crippen molar-refractivity contribution in [3.8, 4) is 0 Å². The number of carbonyl (C=O) groups excluding carboxylic acids is 1. The lowest BCUT2D eigenvalue weighted by Gasteiger charge is -2.32. The van der Waals surface area contributed by atoms with E-state index in [1.807, 2.05) is 35.6 Å². The first-order valence-corrected chi connectivity index (χ1v) is 6.43. The molecule has 1 aliphatic rings. The number of hydrogen-bond donors (Lipinski definition) is 1. The third-order valence-corrected chi connectivity index (χ3v) is 3.52. The predicted octanol–water partition coefficient (Wildman–Crippen LogP) is 0.422. The molecule has 1 saturated heterocycles. The molecule has 18 heavy (non-hydrogen) atoms. The number of aromatic nitrogens is 1. The molecule has 1 fully saturated rings. The highest BCUT2D eigenvalue weighted by molar-refractivity contribution is 5.79. The molecule has 0 radical (unpaired) electrons. The van der Waals surface area contributed by atoms with Gasteiger partial charge in [0.15, 0.2) is 0 Å². The highest BCUT2D eigenvalue weighted by Gasteiger charge is 2.18. The lowest BCUT2D eigenvalue weighted by Crippen LogP contribution is -2.49.